The molecular weight excluding hydrogens is 260 g/mol. The van der Waals surface area contributed by atoms with E-state index in [4.69, 9.17) is 10.00 Å². The third kappa shape index (κ3) is 5.22. The highest BCUT2D eigenvalue weighted by atomic mass is 16.6. The highest BCUT2D eigenvalue weighted by molar-refractivity contribution is 5.59. The molecule has 1 rings (SSSR count). The van der Waals surface area contributed by atoms with Crippen molar-refractivity contribution in [3.05, 3.63) is 33.9 Å². The number of anilines is 1. The minimum atomic E-state index is -0.558. The van der Waals surface area contributed by atoms with Gasteiger partial charge in [-0.25, -0.2) is 0 Å². The largest absolute Gasteiger partial charge is 0.383 e. The van der Waals surface area contributed by atoms with E-state index in [-0.39, 0.29) is 11.3 Å². The molecule has 0 aromatic heterocycles. The fraction of sp³-hybridized carbons (Fsp3) is 0.462. The molecule has 20 heavy (non-hydrogen) atoms. The molecular formula is C13H18N4O3. The van der Waals surface area contributed by atoms with Gasteiger partial charge in [0.25, 0.3) is 5.69 Å². The van der Waals surface area contributed by atoms with E-state index in [9.17, 15) is 10.1 Å². The molecule has 0 aliphatic carbocycles. The van der Waals surface area contributed by atoms with Crippen LogP contribution in [-0.4, -0.2) is 50.2 Å². The van der Waals surface area contributed by atoms with Crippen LogP contribution in [0.3, 0.4) is 0 Å². The molecule has 7 nitrogen and oxygen atoms in total. The van der Waals surface area contributed by atoms with Crippen molar-refractivity contribution in [2.24, 2.45) is 0 Å². The smallest absolute Gasteiger partial charge is 0.289 e. The van der Waals surface area contributed by atoms with Gasteiger partial charge in [-0.3, -0.25) is 10.1 Å². The lowest BCUT2D eigenvalue weighted by atomic mass is 10.2. The van der Waals surface area contributed by atoms with Gasteiger partial charge < -0.3 is 15.0 Å². The molecule has 0 saturated carbocycles. The summed E-state index contributed by atoms with van der Waals surface area (Å²) in [6, 6.07) is 6.24. The Balaban J connectivity index is 2.43. The summed E-state index contributed by atoms with van der Waals surface area (Å²) in [5, 5.41) is 22.6. The summed E-state index contributed by atoms with van der Waals surface area (Å²) in [5.41, 5.74) is 0.473. The number of likely N-dealkylation sites (N-methyl/N-ethyl adjacent to an activating group) is 1. The normalized spacial score (nSPS) is 10.3. The minimum Gasteiger partial charge on any atom is -0.383 e. The van der Waals surface area contributed by atoms with E-state index < -0.39 is 4.92 Å². The molecule has 0 heterocycles. The summed E-state index contributed by atoms with van der Waals surface area (Å²) in [4.78, 5) is 12.3. The average Bonchev–Trinajstić information content (AvgIpc) is 2.42. The van der Waals surface area contributed by atoms with Gasteiger partial charge in [-0.1, -0.05) is 0 Å². The predicted molar refractivity (Wildman–Crippen MR) is 75.7 cm³/mol. The van der Waals surface area contributed by atoms with Crippen molar-refractivity contribution in [2.45, 2.75) is 0 Å². The van der Waals surface area contributed by atoms with Crippen molar-refractivity contribution < 1.29 is 9.66 Å². The summed E-state index contributed by atoms with van der Waals surface area (Å²) in [6.07, 6.45) is 0. The Labute approximate surface area is 117 Å². The molecule has 1 aromatic rings. The molecule has 0 atom stereocenters. The number of rotatable bonds is 8. The van der Waals surface area contributed by atoms with Crippen molar-refractivity contribution in [3.8, 4) is 6.07 Å². The number of nitro groups is 1. The number of hydrogen-bond acceptors (Lipinski definition) is 6. The molecule has 108 valence electrons. The molecule has 0 bridgehead atoms. The maximum absolute atomic E-state index is 10.8. The van der Waals surface area contributed by atoms with Crippen molar-refractivity contribution >= 4 is 11.4 Å². The Bertz CT molecular complexity index is 497. The van der Waals surface area contributed by atoms with Gasteiger partial charge in [-0.15, -0.1) is 0 Å². The summed E-state index contributed by atoms with van der Waals surface area (Å²) >= 11 is 0. The Morgan fingerprint density at radius 1 is 1.45 bits per heavy atom. The molecule has 0 spiro atoms. The van der Waals surface area contributed by atoms with Crippen LogP contribution in [-0.2, 0) is 4.74 Å². The van der Waals surface area contributed by atoms with Gasteiger partial charge in [-0.2, -0.15) is 5.26 Å². The van der Waals surface area contributed by atoms with Crippen LogP contribution in [0.2, 0.25) is 0 Å². The van der Waals surface area contributed by atoms with Crippen LogP contribution < -0.4 is 5.32 Å². The van der Waals surface area contributed by atoms with Gasteiger partial charge in [0.05, 0.1) is 18.1 Å². The summed E-state index contributed by atoms with van der Waals surface area (Å²) < 4.78 is 5.40. The van der Waals surface area contributed by atoms with Crippen molar-refractivity contribution in [1.29, 1.82) is 5.26 Å². The maximum Gasteiger partial charge on any atom is 0.289 e. The quantitative estimate of drug-likeness (QED) is 0.439. The first kappa shape index (κ1) is 15.9. The molecule has 0 aliphatic heterocycles. The lowest BCUT2D eigenvalue weighted by Gasteiger charge is -2.10. The van der Waals surface area contributed by atoms with E-state index in [1.54, 1.807) is 12.1 Å². The van der Waals surface area contributed by atoms with Gasteiger partial charge in [0.1, 0.15) is 11.6 Å². The van der Waals surface area contributed by atoms with E-state index in [0.717, 1.165) is 6.54 Å². The Kier molecular flexibility index (Phi) is 6.43. The molecule has 0 aliphatic rings. The van der Waals surface area contributed by atoms with Gasteiger partial charge in [0, 0.05) is 24.8 Å². The molecule has 0 radical (unpaired) electrons. The maximum atomic E-state index is 10.8. The SMILES string of the molecule is CN(C)CCOCCNc1ccc(C#N)c([N+](=O)[O-])c1. The zero-order valence-corrected chi connectivity index (χ0v) is 11.6. The van der Waals surface area contributed by atoms with Gasteiger partial charge in [0.15, 0.2) is 0 Å². The predicted octanol–water partition coefficient (Wildman–Crippen LogP) is 1.46. The van der Waals surface area contributed by atoms with Gasteiger partial charge in [0.2, 0.25) is 0 Å². The van der Waals surface area contributed by atoms with Crippen molar-refractivity contribution in [1.82, 2.24) is 4.90 Å². The van der Waals surface area contributed by atoms with E-state index >= 15 is 0 Å². The average molecular weight is 278 g/mol. The Morgan fingerprint density at radius 2 is 2.20 bits per heavy atom. The van der Waals surface area contributed by atoms with E-state index in [1.165, 1.54) is 12.1 Å². The molecule has 1 aromatic carbocycles. The van der Waals surface area contributed by atoms with E-state index in [2.05, 4.69) is 5.32 Å². The van der Waals surface area contributed by atoms with Crippen LogP contribution in [0.4, 0.5) is 11.4 Å². The summed E-state index contributed by atoms with van der Waals surface area (Å²) in [6.45, 7) is 2.56. The van der Waals surface area contributed by atoms with Crippen LogP contribution >= 0.6 is 0 Å². The third-order valence-corrected chi connectivity index (χ3v) is 2.57. The van der Waals surface area contributed by atoms with Crippen LogP contribution in [0.5, 0.6) is 0 Å². The first-order valence-corrected chi connectivity index (χ1v) is 6.19. The second-order valence-electron chi connectivity index (χ2n) is 4.44. The van der Waals surface area contributed by atoms with Crippen LogP contribution in [0, 0.1) is 21.4 Å². The number of nitrogens with one attached hydrogen (secondary N) is 1. The Hall–Kier alpha value is -2.17. The second-order valence-corrected chi connectivity index (χ2v) is 4.44. The van der Waals surface area contributed by atoms with Gasteiger partial charge >= 0.3 is 0 Å². The number of ether oxygens (including phenoxy) is 1. The van der Waals surface area contributed by atoms with Crippen molar-refractivity contribution in [3.63, 3.8) is 0 Å². The molecule has 0 fully saturated rings. The number of benzene rings is 1. The Morgan fingerprint density at radius 3 is 2.80 bits per heavy atom. The zero-order valence-electron chi connectivity index (χ0n) is 11.6. The monoisotopic (exact) mass is 278 g/mol. The fourth-order valence-electron chi connectivity index (χ4n) is 1.50. The molecule has 7 heteroatoms. The van der Waals surface area contributed by atoms with Crippen LogP contribution in [0.25, 0.3) is 0 Å². The minimum absolute atomic E-state index is 0.0581. The number of hydrogen-bond donors (Lipinski definition) is 1. The number of nitrogens with zero attached hydrogens (tertiary/aromatic N) is 3. The fourth-order valence-corrected chi connectivity index (χ4v) is 1.50. The molecule has 1 N–H and O–H groups in total. The lowest BCUT2D eigenvalue weighted by molar-refractivity contribution is -0.385. The third-order valence-electron chi connectivity index (χ3n) is 2.57. The van der Waals surface area contributed by atoms with Crippen molar-refractivity contribution in [2.75, 3.05) is 45.7 Å². The standard InChI is InChI=1S/C13H18N4O3/c1-16(2)6-8-20-7-5-15-12-4-3-11(10-14)13(9-12)17(18)19/h3-4,9,15H,5-8H2,1-2H3. The molecule has 0 amide bonds. The highest BCUT2D eigenvalue weighted by Gasteiger charge is 2.13. The number of nitro benzene ring substituents is 1. The molecule has 0 saturated heterocycles. The van der Waals surface area contributed by atoms with E-state index in [0.29, 0.717) is 25.4 Å². The summed E-state index contributed by atoms with van der Waals surface area (Å²) in [5.74, 6) is 0. The summed E-state index contributed by atoms with van der Waals surface area (Å²) in [7, 11) is 3.94. The lowest BCUT2D eigenvalue weighted by Crippen LogP contribution is -2.20. The van der Waals surface area contributed by atoms with E-state index in [1.807, 2.05) is 19.0 Å². The number of nitriles is 1. The second kappa shape index (κ2) is 8.09. The first-order valence-electron chi connectivity index (χ1n) is 6.19. The van der Waals surface area contributed by atoms with Crippen LogP contribution in [0.1, 0.15) is 5.56 Å². The van der Waals surface area contributed by atoms with Gasteiger partial charge in [-0.05, 0) is 26.2 Å². The highest BCUT2D eigenvalue weighted by Crippen LogP contribution is 2.22. The topological polar surface area (TPSA) is 91.4 Å². The zero-order chi connectivity index (χ0) is 15.0. The first-order chi connectivity index (χ1) is 9.54. The van der Waals surface area contributed by atoms with Crippen LogP contribution in [0.15, 0.2) is 18.2 Å². The molecule has 0 unspecified atom stereocenters.